The van der Waals surface area contributed by atoms with Crippen LogP contribution in [0.5, 0.6) is 5.75 Å². The summed E-state index contributed by atoms with van der Waals surface area (Å²) in [6, 6.07) is 17.1. The van der Waals surface area contributed by atoms with Crippen molar-refractivity contribution in [3.63, 3.8) is 0 Å². The predicted octanol–water partition coefficient (Wildman–Crippen LogP) is 4.49. The molecule has 1 N–H and O–H groups in total. The molecule has 0 amide bonds. The number of benzene rings is 2. The molecule has 1 aliphatic heterocycles. The molecule has 0 aliphatic carbocycles. The first kappa shape index (κ1) is 17.1. The summed E-state index contributed by atoms with van der Waals surface area (Å²) >= 11 is 1.69. The molecular weight excluding hydrogens is 342 g/mol. The first-order valence-corrected chi connectivity index (χ1v) is 9.75. The van der Waals surface area contributed by atoms with Crippen molar-refractivity contribution in [1.29, 1.82) is 0 Å². The summed E-state index contributed by atoms with van der Waals surface area (Å²) < 4.78 is 5.22. The van der Waals surface area contributed by atoms with Crippen molar-refractivity contribution in [1.82, 2.24) is 10.3 Å². The first-order chi connectivity index (χ1) is 12.7. The van der Waals surface area contributed by atoms with E-state index in [0.29, 0.717) is 6.04 Å². The highest BCUT2D eigenvalue weighted by atomic mass is 32.1. The molecular formula is C21H23N3OS. The zero-order chi connectivity index (χ0) is 17.9. The summed E-state index contributed by atoms with van der Waals surface area (Å²) in [7, 11) is 3.85. The van der Waals surface area contributed by atoms with Crippen LogP contribution in [0.4, 0.5) is 5.69 Å². The smallest absolute Gasteiger partial charge is 0.123 e. The van der Waals surface area contributed by atoms with Crippen molar-refractivity contribution in [2.75, 3.05) is 25.6 Å². The van der Waals surface area contributed by atoms with E-state index in [4.69, 9.17) is 9.72 Å². The van der Waals surface area contributed by atoms with Gasteiger partial charge in [-0.1, -0.05) is 18.2 Å². The maximum absolute atomic E-state index is 5.22. The molecule has 26 heavy (non-hydrogen) atoms. The molecule has 4 nitrogen and oxygen atoms in total. The standard InChI is InChI=1S/C21H23N3OS/c1-24-12-11-19(18-5-3-4-6-20(18)24)22-13-16-14-26-21(23-16)15-7-9-17(25-2)10-8-15/h3-10,14,19,22H,11-13H2,1-2H3. The Morgan fingerprint density at radius 2 is 2.00 bits per heavy atom. The Morgan fingerprint density at radius 1 is 1.19 bits per heavy atom. The van der Waals surface area contributed by atoms with E-state index < -0.39 is 0 Å². The van der Waals surface area contributed by atoms with Gasteiger partial charge in [-0.3, -0.25) is 0 Å². The number of ether oxygens (including phenoxy) is 1. The minimum absolute atomic E-state index is 0.383. The van der Waals surface area contributed by atoms with Crippen LogP contribution in [0.3, 0.4) is 0 Å². The molecule has 2 heterocycles. The number of fused-ring (bicyclic) bond motifs is 1. The number of aromatic nitrogens is 1. The Balaban J connectivity index is 1.44. The normalized spacial score (nSPS) is 16.4. The van der Waals surface area contributed by atoms with Gasteiger partial charge in [0, 0.05) is 42.8 Å². The van der Waals surface area contributed by atoms with Crippen LogP contribution in [0, 0.1) is 0 Å². The number of nitrogens with zero attached hydrogens (tertiary/aromatic N) is 2. The Hall–Kier alpha value is -2.37. The monoisotopic (exact) mass is 365 g/mol. The maximum Gasteiger partial charge on any atom is 0.123 e. The number of para-hydroxylation sites is 1. The van der Waals surface area contributed by atoms with Gasteiger partial charge in [0.25, 0.3) is 0 Å². The summed E-state index contributed by atoms with van der Waals surface area (Å²) in [5, 5.41) is 6.89. The fraction of sp³-hybridized carbons (Fsp3) is 0.286. The van der Waals surface area contributed by atoms with Crippen molar-refractivity contribution in [2.45, 2.75) is 19.0 Å². The highest BCUT2D eigenvalue weighted by Crippen LogP contribution is 2.33. The van der Waals surface area contributed by atoms with Gasteiger partial charge in [-0.15, -0.1) is 11.3 Å². The van der Waals surface area contributed by atoms with Gasteiger partial charge in [-0.2, -0.15) is 0 Å². The summed E-state index contributed by atoms with van der Waals surface area (Å²) in [5.41, 5.74) is 4.93. The highest BCUT2D eigenvalue weighted by molar-refractivity contribution is 7.13. The SMILES string of the molecule is COc1ccc(-c2nc(CNC3CCN(C)c4ccccc43)cs2)cc1. The zero-order valence-electron chi connectivity index (χ0n) is 15.1. The summed E-state index contributed by atoms with van der Waals surface area (Å²) in [6.45, 7) is 1.86. The number of hydrogen-bond acceptors (Lipinski definition) is 5. The van der Waals surface area contributed by atoms with Crippen molar-refractivity contribution >= 4 is 17.0 Å². The number of rotatable bonds is 5. The van der Waals surface area contributed by atoms with Crippen LogP contribution in [0.25, 0.3) is 10.6 Å². The molecule has 0 spiro atoms. The average Bonchev–Trinajstić information content (AvgIpc) is 3.17. The van der Waals surface area contributed by atoms with E-state index in [2.05, 4.69) is 59.0 Å². The molecule has 1 aromatic heterocycles. The topological polar surface area (TPSA) is 37.4 Å². The molecule has 1 aliphatic rings. The minimum Gasteiger partial charge on any atom is -0.497 e. The second-order valence-corrected chi connectivity index (χ2v) is 7.43. The van der Waals surface area contributed by atoms with E-state index in [1.54, 1.807) is 18.4 Å². The van der Waals surface area contributed by atoms with Crippen LogP contribution in [-0.2, 0) is 6.54 Å². The van der Waals surface area contributed by atoms with Crippen molar-refractivity contribution in [3.05, 3.63) is 65.2 Å². The molecule has 0 fully saturated rings. The second kappa shape index (κ2) is 7.48. The molecule has 1 unspecified atom stereocenters. The molecule has 2 aromatic carbocycles. The number of thiazole rings is 1. The molecule has 5 heteroatoms. The third-order valence-corrected chi connectivity index (χ3v) is 5.84. The summed E-state index contributed by atoms with van der Waals surface area (Å²) in [5.74, 6) is 0.869. The Kier molecular flexibility index (Phi) is 4.91. The lowest BCUT2D eigenvalue weighted by Gasteiger charge is -2.33. The molecule has 3 aromatic rings. The number of hydrogen-bond donors (Lipinski definition) is 1. The van der Waals surface area contributed by atoms with Gasteiger partial charge < -0.3 is 15.0 Å². The molecule has 4 rings (SSSR count). The van der Waals surface area contributed by atoms with Crippen LogP contribution in [-0.4, -0.2) is 25.7 Å². The second-order valence-electron chi connectivity index (χ2n) is 6.58. The predicted molar refractivity (Wildman–Crippen MR) is 108 cm³/mol. The Labute approximate surface area is 158 Å². The van der Waals surface area contributed by atoms with Crippen molar-refractivity contribution in [2.24, 2.45) is 0 Å². The third-order valence-electron chi connectivity index (χ3n) is 4.89. The van der Waals surface area contributed by atoms with Gasteiger partial charge in [0.2, 0.25) is 0 Å². The quantitative estimate of drug-likeness (QED) is 0.723. The number of nitrogens with one attached hydrogen (secondary N) is 1. The van der Waals surface area contributed by atoms with E-state index in [1.165, 1.54) is 11.3 Å². The molecule has 0 radical (unpaired) electrons. The van der Waals surface area contributed by atoms with E-state index in [1.807, 2.05) is 12.1 Å². The molecule has 0 saturated heterocycles. The molecule has 134 valence electrons. The van der Waals surface area contributed by atoms with Crippen LogP contribution in [0.1, 0.15) is 23.7 Å². The van der Waals surface area contributed by atoms with E-state index in [-0.39, 0.29) is 0 Å². The van der Waals surface area contributed by atoms with Gasteiger partial charge in [0.15, 0.2) is 0 Å². The van der Waals surface area contributed by atoms with Crippen LogP contribution in [0.2, 0.25) is 0 Å². The van der Waals surface area contributed by atoms with E-state index in [0.717, 1.165) is 41.5 Å². The van der Waals surface area contributed by atoms with Gasteiger partial charge in [-0.25, -0.2) is 4.98 Å². The lowest BCUT2D eigenvalue weighted by Crippen LogP contribution is -2.33. The van der Waals surface area contributed by atoms with Crippen molar-refractivity contribution in [3.8, 4) is 16.3 Å². The van der Waals surface area contributed by atoms with Gasteiger partial charge >= 0.3 is 0 Å². The summed E-state index contributed by atoms with van der Waals surface area (Å²) in [6.07, 6.45) is 1.11. The minimum atomic E-state index is 0.383. The molecule has 0 bridgehead atoms. The summed E-state index contributed by atoms with van der Waals surface area (Å²) in [4.78, 5) is 7.13. The largest absolute Gasteiger partial charge is 0.497 e. The van der Waals surface area contributed by atoms with Crippen LogP contribution >= 0.6 is 11.3 Å². The number of methoxy groups -OCH3 is 1. The zero-order valence-corrected chi connectivity index (χ0v) is 15.9. The third kappa shape index (κ3) is 3.45. The molecule has 0 saturated carbocycles. The fourth-order valence-corrected chi connectivity index (χ4v) is 4.25. The number of anilines is 1. The average molecular weight is 366 g/mol. The van der Waals surface area contributed by atoms with Crippen LogP contribution in [0.15, 0.2) is 53.9 Å². The lowest BCUT2D eigenvalue weighted by molar-refractivity contribution is 0.415. The van der Waals surface area contributed by atoms with E-state index in [9.17, 15) is 0 Å². The van der Waals surface area contributed by atoms with Gasteiger partial charge in [0.05, 0.1) is 12.8 Å². The fourth-order valence-electron chi connectivity index (χ4n) is 3.42. The van der Waals surface area contributed by atoms with Crippen molar-refractivity contribution < 1.29 is 4.74 Å². The lowest BCUT2D eigenvalue weighted by atomic mass is 9.97. The first-order valence-electron chi connectivity index (χ1n) is 8.87. The molecule has 1 atom stereocenters. The van der Waals surface area contributed by atoms with Gasteiger partial charge in [0.1, 0.15) is 10.8 Å². The maximum atomic E-state index is 5.22. The van der Waals surface area contributed by atoms with Crippen LogP contribution < -0.4 is 15.0 Å². The Morgan fingerprint density at radius 3 is 2.81 bits per heavy atom. The van der Waals surface area contributed by atoms with E-state index >= 15 is 0 Å². The van der Waals surface area contributed by atoms with Gasteiger partial charge in [-0.05, 0) is 42.3 Å². The Bertz CT molecular complexity index is 875. The highest BCUT2D eigenvalue weighted by Gasteiger charge is 2.22.